The maximum absolute atomic E-state index is 14.1. The highest BCUT2D eigenvalue weighted by atomic mass is 35.5. The van der Waals surface area contributed by atoms with Gasteiger partial charge in [-0.25, -0.2) is 4.57 Å². The molecule has 2 aromatic heterocycles. The second-order valence-corrected chi connectivity index (χ2v) is 21.0. The average molecular weight is 1000 g/mol. The Balaban J connectivity index is 1.16. The van der Waals surface area contributed by atoms with Crippen LogP contribution in [0.1, 0.15) is 150 Å². The summed E-state index contributed by atoms with van der Waals surface area (Å²) in [5.41, 5.74) is 3.87. The molecule has 0 saturated carbocycles. The van der Waals surface area contributed by atoms with Gasteiger partial charge in [0.2, 0.25) is 0 Å². The number of ether oxygens (including phenoxy) is 1. The Morgan fingerprint density at radius 1 is 0.529 bits per heavy atom. The molecular formula is C54H87Cl2N6O5P. The maximum Gasteiger partial charge on any atom is 0.474 e. The second-order valence-electron chi connectivity index (χ2n) is 18.4. The minimum atomic E-state index is -3.83. The number of hydrogen-bond donors (Lipinski definition) is 2. The fourth-order valence-corrected chi connectivity index (χ4v) is 10.1. The fourth-order valence-electron chi connectivity index (χ4n) is 8.65. The molecule has 0 fully saturated rings. The van der Waals surface area contributed by atoms with Crippen LogP contribution in [0.15, 0.2) is 60.9 Å². The van der Waals surface area contributed by atoms with Crippen LogP contribution < -0.4 is 10.6 Å². The van der Waals surface area contributed by atoms with Gasteiger partial charge in [0.15, 0.2) is 0 Å². The van der Waals surface area contributed by atoms with Crippen molar-refractivity contribution in [2.45, 2.75) is 162 Å². The molecule has 0 aliphatic heterocycles. The quantitative estimate of drug-likeness (QED) is 0.0328. The van der Waals surface area contributed by atoms with Gasteiger partial charge in [0.05, 0.1) is 37.5 Å². The van der Waals surface area contributed by atoms with E-state index < -0.39 is 7.82 Å². The van der Waals surface area contributed by atoms with Gasteiger partial charge in [-0.1, -0.05) is 127 Å². The van der Waals surface area contributed by atoms with Crippen LogP contribution in [0.3, 0.4) is 0 Å². The topological polar surface area (TPSA) is 110 Å². The van der Waals surface area contributed by atoms with Crippen LogP contribution in [0.2, 0.25) is 10.0 Å². The number of fused-ring (bicyclic) bond motifs is 2. The zero-order valence-corrected chi connectivity index (χ0v) is 44.9. The van der Waals surface area contributed by atoms with Gasteiger partial charge in [-0.05, 0) is 121 Å². The highest BCUT2D eigenvalue weighted by molar-refractivity contribution is 7.48. The van der Waals surface area contributed by atoms with Crippen LogP contribution in [-0.2, 0) is 22.9 Å². The van der Waals surface area contributed by atoms with E-state index in [1.165, 1.54) is 83.5 Å². The molecule has 4 aromatic rings. The summed E-state index contributed by atoms with van der Waals surface area (Å²) >= 11 is 12.4. The standard InChI is InChI=1S/C54H87Cl2N6O5P/c1-6-9-10-11-12-13-14-15-16-17-18-19-20-21-38-64-41-42-67-68(63,65-39-36-61(7-2)34-22-24-45(4)59-51-30-32-57-53-43-47(55)26-28-49(51)53)66-40-37-62(8-3)35-23-25-46(5)60-52-31-33-58-54-44-48(56)27-29-50(52)54/h26-33,43-46H,6-25,34-42H2,1-5H3,(H,57,59)(H,58,60)/t45-,46-/m0/s1. The van der Waals surface area contributed by atoms with Gasteiger partial charge in [0.25, 0.3) is 0 Å². The van der Waals surface area contributed by atoms with Crippen LogP contribution in [-0.4, -0.2) is 104 Å². The lowest BCUT2D eigenvalue weighted by Crippen LogP contribution is -2.30. The summed E-state index contributed by atoms with van der Waals surface area (Å²) in [5.74, 6) is 0. The number of unbranched alkanes of at least 4 members (excludes halogenated alkanes) is 13. The molecule has 2 N–H and O–H groups in total. The smallest absolute Gasteiger partial charge is 0.382 e. The van der Waals surface area contributed by atoms with Crippen molar-refractivity contribution in [3.63, 3.8) is 0 Å². The Hall–Kier alpha value is -2.57. The number of benzene rings is 2. The Kier molecular flexibility index (Phi) is 29.6. The Morgan fingerprint density at radius 2 is 0.956 bits per heavy atom. The van der Waals surface area contributed by atoms with Crippen LogP contribution in [0, 0.1) is 0 Å². The summed E-state index contributed by atoms with van der Waals surface area (Å²) in [4.78, 5) is 13.6. The first-order valence-corrected chi connectivity index (χ1v) is 28.5. The highest BCUT2D eigenvalue weighted by Gasteiger charge is 2.27. The predicted octanol–water partition coefficient (Wildman–Crippen LogP) is 15.3. The lowest BCUT2D eigenvalue weighted by molar-refractivity contribution is 0.0569. The molecule has 382 valence electrons. The number of phosphoric ester groups is 1. The van der Waals surface area contributed by atoms with Gasteiger partial charge in [-0.2, -0.15) is 0 Å². The summed E-state index contributed by atoms with van der Waals surface area (Å²) in [6.45, 7) is 17.4. The molecule has 0 aliphatic carbocycles. The van der Waals surface area contributed by atoms with E-state index in [2.05, 4.69) is 65.0 Å². The van der Waals surface area contributed by atoms with Gasteiger partial charge < -0.3 is 25.2 Å². The summed E-state index contributed by atoms with van der Waals surface area (Å²) in [6.07, 6.45) is 26.1. The molecule has 0 bridgehead atoms. The molecule has 0 aliphatic rings. The fraction of sp³-hybridized carbons (Fsp3) is 0.667. The number of nitrogens with one attached hydrogen (secondary N) is 2. The van der Waals surface area contributed by atoms with E-state index >= 15 is 0 Å². The molecular weight excluding hydrogens is 915 g/mol. The number of nitrogens with zero attached hydrogens (tertiary/aromatic N) is 4. The third kappa shape index (κ3) is 23.6. The highest BCUT2D eigenvalue weighted by Crippen LogP contribution is 2.49. The average Bonchev–Trinajstić information content (AvgIpc) is 3.32. The number of phosphoric acid groups is 1. The molecule has 14 heteroatoms. The summed E-state index contributed by atoms with van der Waals surface area (Å²) < 4.78 is 38.0. The van der Waals surface area contributed by atoms with Gasteiger partial charge >= 0.3 is 7.82 Å². The molecule has 2 heterocycles. The molecule has 2 atom stereocenters. The third-order valence-electron chi connectivity index (χ3n) is 12.8. The monoisotopic (exact) mass is 1000 g/mol. The minimum Gasteiger partial charge on any atom is -0.382 e. The molecule has 0 radical (unpaired) electrons. The van der Waals surface area contributed by atoms with E-state index in [0.29, 0.717) is 36.3 Å². The van der Waals surface area contributed by atoms with E-state index in [1.54, 1.807) is 0 Å². The summed E-state index contributed by atoms with van der Waals surface area (Å²) in [5, 5.41) is 10.8. The third-order valence-corrected chi connectivity index (χ3v) is 14.7. The zero-order valence-electron chi connectivity index (χ0n) is 42.5. The van der Waals surface area contributed by atoms with E-state index in [9.17, 15) is 4.57 Å². The van der Waals surface area contributed by atoms with E-state index in [4.69, 9.17) is 41.5 Å². The van der Waals surface area contributed by atoms with Gasteiger partial charge in [0.1, 0.15) is 0 Å². The summed E-state index contributed by atoms with van der Waals surface area (Å²) in [6, 6.07) is 16.2. The van der Waals surface area contributed by atoms with Crippen molar-refractivity contribution >= 4 is 64.2 Å². The number of aromatic nitrogens is 2. The van der Waals surface area contributed by atoms with Crippen molar-refractivity contribution in [3.05, 3.63) is 71.0 Å². The van der Waals surface area contributed by atoms with Gasteiger partial charge in [-0.15, -0.1) is 0 Å². The van der Waals surface area contributed by atoms with Crippen molar-refractivity contribution in [2.75, 3.05) is 82.9 Å². The normalized spacial score (nSPS) is 13.0. The molecule has 0 amide bonds. The first-order valence-electron chi connectivity index (χ1n) is 26.3. The Bertz CT molecular complexity index is 1880. The maximum atomic E-state index is 14.1. The second kappa shape index (κ2) is 34.7. The number of rotatable bonds is 41. The summed E-state index contributed by atoms with van der Waals surface area (Å²) in [7, 11) is -3.83. The van der Waals surface area contributed by atoms with Crippen LogP contribution in [0.25, 0.3) is 21.8 Å². The number of halogens is 2. The molecule has 0 unspecified atom stereocenters. The Labute approximate surface area is 421 Å². The molecule has 2 aromatic carbocycles. The largest absolute Gasteiger partial charge is 0.474 e. The lowest BCUT2D eigenvalue weighted by atomic mass is 10.0. The van der Waals surface area contributed by atoms with Crippen molar-refractivity contribution in [1.82, 2.24) is 19.8 Å². The predicted molar refractivity (Wildman–Crippen MR) is 289 cm³/mol. The van der Waals surface area contributed by atoms with E-state index in [-0.39, 0.29) is 31.9 Å². The molecule has 4 rings (SSSR count). The molecule has 11 nitrogen and oxygen atoms in total. The van der Waals surface area contributed by atoms with Crippen molar-refractivity contribution in [2.24, 2.45) is 0 Å². The number of hydrogen-bond acceptors (Lipinski definition) is 11. The van der Waals surface area contributed by atoms with Crippen LogP contribution in [0.5, 0.6) is 0 Å². The van der Waals surface area contributed by atoms with Crippen LogP contribution >= 0.6 is 31.0 Å². The molecule has 68 heavy (non-hydrogen) atoms. The molecule has 0 spiro atoms. The Morgan fingerprint density at radius 3 is 1.40 bits per heavy atom. The molecule has 0 saturated heterocycles. The van der Waals surface area contributed by atoms with Crippen molar-refractivity contribution in [1.29, 1.82) is 0 Å². The number of likely N-dealkylation sites (N-methyl/N-ethyl adjacent to an activating group) is 2. The van der Waals surface area contributed by atoms with Crippen molar-refractivity contribution in [3.8, 4) is 0 Å². The van der Waals surface area contributed by atoms with E-state index in [1.807, 2.05) is 60.9 Å². The number of pyridine rings is 2. The SMILES string of the molecule is CCCCCCCCCCCCCCCCOCCOP(=O)(OCCN(CC)CCC[C@H](C)Nc1ccnc2cc(Cl)ccc12)OCCN(CC)CCC[C@H](C)Nc1ccnc2cc(Cl)ccc12. The number of anilines is 2. The van der Waals surface area contributed by atoms with E-state index in [0.717, 1.165) is 91.5 Å². The first-order chi connectivity index (χ1) is 33.1. The van der Waals surface area contributed by atoms with Crippen molar-refractivity contribution < 1.29 is 22.9 Å². The van der Waals surface area contributed by atoms with Crippen LogP contribution in [0.4, 0.5) is 11.4 Å². The zero-order chi connectivity index (χ0) is 48.7. The lowest BCUT2D eigenvalue weighted by Gasteiger charge is -2.25. The van der Waals surface area contributed by atoms with Gasteiger partial charge in [0, 0.05) is 76.4 Å². The van der Waals surface area contributed by atoms with Gasteiger partial charge in [-0.3, -0.25) is 23.5 Å². The minimum absolute atomic E-state index is 0.153. The first kappa shape index (κ1) is 58.0.